The number of thiophene rings is 1. The zero-order valence-electron chi connectivity index (χ0n) is 14.3. The number of nitrogens with one attached hydrogen (secondary N) is 1. The molecule has 2 aromatic heterocycles. The van der Waals surface area contributed by atoms with Gasteiger partial charge < -0.3 is 14.8 Å². The van der Waals surface area contributed by atoms with E-state index in [4.69, 9.17) is 44.3 Å². The average molecular weight is 447 g/mol. The Morgan fingerprint density at radius 2 is 1.89 bits per heavy atom. The molecule has 0 unspecified atom stereocenters. The van der Waals surface area contributed by atoms with Crippen LogP contribution in [0.4, 0.5) is 11.5 Å². The normalized spacial score (nSPS) is 11.0. The van der Waals surface area contributed by atoms with Gasteiger partial charge in [0, 0.05) is 7.11 Å². The summed E-state index contributed by atoms with van der Waals surface area (Å²) >= 11 is 19.5. The van der Waals surface area contributed by atoms with Crippen LogP contribution in [0.25, 0.3) is 10.2 Å². The summed E-state index contributed by atoms with van der Waals surface area (Å²) in [6, 6.07) is 3.16. The largest absolute Gasteiger partial charge is 0.459 e. The van der Waals surface area contributed by atoms with E-state index in [1.54, 1.807) is 19.2 Å². The first-order valence-corrected chi connectivity index (χ1v) is 9.69. The minimum Gasteiger partial charge on any atom is -0.459 e. The molecule has 3 aromatic rings. The standard InChI is InChI=1S/C17H14Cl3N3O3S/c1-8-13-15(23-12-6-10(19)9(18)5-11(12)20)21-7-22-16(13)27-14(8)17(24)26-4-3-25-2/h5-7H,3-4H2,1-2H3,(H,21,22,23). The number of halogens is 3. The highest BCUT2D eigenvalue weighted by Crippen LogP contribution is 2.38. The third-order valence-corrected chi connectivity index (χ3v) is 5.91. The summed E-state index contributed by atoms with van der Waals surface area (Å²) in [5, 5.41) is 4.95. The predicted molar refractivity (Wildman–Crippen MR) is 109 cm³/mol. The molecular formula is C17H14Cl3N3O3S. The van der Waals surface area contributed by atoms with Gasteiger partial charge in [-0.25, -0.2) is 14.8 Å². The van der Waals surface area contributed by atoms with Gasteiger partial charge in [0.2, 0.25) is 0 Å². The highest BCUT2D eigenvalue weighted by molar-refractivity contribution is 7.20. The molecule has 6 nitrogen and oxygen atoms in total. The van der Waals surface area contributed by atoms with Crippen LogP contribution in [0.5, 0.6) is 0 Å². The van der Waals surface area contributed by atoms with Gasteiger partial charge in [-0.2, -0.15) is 0 Å². The van der Waals surface area contributed by atoms with Crippen LogP contribution in [-0.4, -0.2) is 36.3 Å². The van der Waals surface area contributed by atoms with Crippen molar-refractivity contribution in [2.45, 2.75) is 6.92 Å². The maximum absolute atomic E-state index is 12.3. The second-order valence-electron chi connectivity index (χ2n) is 5.46. The van der Waals surface area contributed by atoms with Gasteiger partial charge in [0.25, 0.3) is 0 Å². The van der Waals surface area contributed by atoms with Crippen molar-refractivity contribution in [2.75, 3.05) is 25.6 Å². The van der Waals surface area contributed by atoms with E-state index in [0.29, 0.717) is 48.3 Å². The molecule has 0 aliphatic rings. The highest BCUT2D eigenvalue weighted by Gasteiger charge is 2.21. The number of carbonyl (C=O) groups excluding carboxylic acids is 1. The summed E-state index contributed by atoms with van der Waals surface area (Å²) in [5.74, 6) is 0.0797. The van der Waals surface area contributed by atoms with Gasteiger partial charge in [-0.15, -0.1) is 11.3 Å². The van der Waals surface area contributed by atoms with Crippen molar-refractivity contribution in [1.29, 1.82) is 0 Å². The number of aromatic nitrogens is 2. The van der Waals surface area contributed by atoms with Gasteiger partial charge in [0.15, 0.2) is 0 Å². The van der Waals surface area contributed by atoms with Gasteiger partial charge in [0.1, 0.15) is 28.5 Å². The highest BCUT2D eigenvalue weighted by atomic mass is 35.5. The Bertz CT molecular complexity index is 1010. The molecule has 0 bridgehead atoms. The fourth-order valence-corrected chi connectivity index (χ4v) is 4.03. The van der Waals surface area contributed by atoms with E-state index in [9.17, 15) is 4.79 Å². The first kappa shape index (κ1) is 20.1. The number of carbonyl (C=O) groups is 1. The zero-order chi connectivity index (χ0) is 19.6. The molecule has 0 saturated heterocycles. The number of hydrogen-bond acceptors (Lipinski definition) is 7. The van der Waals surface area contributed by atoms with Crippen molar-refractivity contribution in [3.8, 4) is 0 Å². The predicted octanol–water partition coefficient (Wildman–Crippen LogP) is 5.51. The number of aryl methyl sites for hydroxylation is 1. The monoisotopic (exact) mass is 445 g/mol. The summed E-state index contributed by atoms with van der Waals surface area (Å²) in [4.78, 5) is 22.0. The molecule has 0 saturated carbocycles. The van der Waals surface area contributed by atoms with Crippen LogP contribution < -0.4 is 5.32 Å². The fourth-order valence-electron chi connectivity index (χ4n) is 2.39. The number of ether oxygens (including phenoxy) is 2. The molecule has 0 aliphatic heterocycles. The lowest BCUT2D eigenvalue weighted by atomic mass is 10.2. The third kappa shape index (κ3) is 4.28. The van der Waals surface area contributed by atoms with Gasteiger partial charge in [-0.05, 0) is 24.6 Å². The topological polar surface area (TPSA) is 73.3 Å². The lowest BCUT2D eigenvalue weighted by molar-refractivity contribution is 0.0393. The molecular weight excluding hydrogens is 433 g/mol. The quantitative estimate of drug-likeness (QED) is 0.306. The van der Waals surface area contributed by atoms with E-state index in [1.165, 1.54) is 17.7 Å². The van der Waals surface area contributed by atoms with E-state index in [2.05, 4.69) is 15.3 Å². The third-order valence-electron chi connectivity index (χ3n) is 3.70. The van der Waals surface area contributed by atoms with Crippen molar-refractivity contribution in [3.05, 3.63) is 44.0 Å². The summed E-state index contributed by atoms with van der Waals surface area (Å²) in [7, 11) is 1.54. The van der Waals surface area contributed by atoms with E-state index in [-0.39, 0.29) is 6.61 Å². The van der Waals surface area contributed by atoms with Crippen molar-refractivity contribution < 1.29 is 14.3 Å². The summed E-state index contributed by atoms with van der Waals surface area (Å²) < 4.78 is 10.1. The molecule has 2 heterocycles. The van der Waals surface area contributed by atoms with Gasteiger partial charge in [-0.1, -0.05) is 34.8 Å². The van der Waals surface area contributed by atoms with E-state index in [1.807, 2.05) is 6.92 Å². The Balaban J connectivity index is 1.98. The molecule has 27 heavy (non-hydrogen) atoms. The van der Waals surface area contributed by atoms with Crippen LogP contribution in [0, 0.1) is 6.92 Å². The summed E-state index contributed by atoms with van der Waals surface area (Å²) in [6.45, 7) is 2.33. The summed E-state index contributed by atoms with van der Waals surface area (Å²) in [6.07, 6.45) is 1.41. The second kappa shape index (κ2) is 8.58. The number of nitrogens with zero attached hydrogens (tertiary/aromatic N) is 2. The fraction of sp³-hybridized carbons (Fsp3) is 0.235. The van der Waals surface area contributed by atoms with E-state index >= 15 is 0 Å². The van der Waals surface area contributed by atoms with Crippen LogP contribution in [0.2, 0.25) is 15.1 Å². The first-order valence-electron chi connectivity index (χ1n) is 7.74. The summed E-state index contributed by atoms with van der Waals surface area (Å²) in [5.41, 5.74) is 1.26. The van der Waals surface area contributed by atoms with Crippen molar-refractivity contribution >= 4 is 73.8 Å². The molecule has 0 fully saturated rings. The van der Waals surface area contributed by atoms with Crippen molar-refractivity contribution in [1.82, 2.24) is 9.97 Å². The minimum absolute atomic E-state index is 0.179. The maximum atomic E-state index is 12.3. The molecule has 3 rings (SSSR count). The molecule has 0 spiro atoms. The maximum Gasteiger partial charge on any atom is 0.348 e. The molecule has 0 amide bonds. The van der Waals surface area contributed by atoms with Crippen LogP contribution in [0.3, 0.4) is 0 Å². The van der Waals surface area contributed by atoms with Gasteiger partial charge >= 0.3 is 5.97 Å². The van der Waals surface area contributed by atoms with Crippen LogP contribution in [0.1, 0.15) is 15.2 Å². The number of esters is 1. The number of hydrogen-bond donors (Lipinski definition) is 1. The molecule has 0 atom stereocenters. The Hall–Kier alpha value is -1.64. The Morgan fingerprint density at radius 3 is 2.63 bits per heavy atom. The van der Waals surface area contributed by atoms with Crippen LogP contribution in [-0.2, 0) is 9.47 Å². The molecule has 1 aromatic carbocycles. The second-order valence-corrected chi connectivity index (χ2v) is 7.68. The number of methoxy groups -OCH3 is 1. The minimum atomic E-state index is -0.425. The molecule has 142 valence electrons. The Labute approximate surface area is 174 Å². The lowest BCUT2D eigenvalue weighted by Crippen LogP contribution is -2.09. The molecule has 0 radical (unpaired) electrons. The number of anilines is 2. The van der Waals surface area contributed by atoms with Gasteiger partial charge in [-0.3, -0.25) is 0 Å². The van der Waals surface area contributed by atoms with Crippen LogP contribution >= 0.6 is 46.1 Å². The van der Waals surface area contributed by atoms with Crippen molar-refractivity contribution in [3.63, 3.8) is 0 Å². The number of fused-ring (bicyclic) bond motifs is 1. The van der Waals surface area contributed by atoms with Crippen molar-refractivity contribution in [2.24, 2.45) is 0 Å². The SMILES string of the molecule is COCCOC(=O)c1sc2ncnc(Nc3cc(Cl)c(Cl)cc3Cl)c2c1C. The number of rotatable bonds is 6. The Kier molecular flexibility index (Phi) is 6.39. The number of benzene rings is 1. The Morgan fingerprint density at radius 1 is 1.15 bits per heavy atom. The lowest BCUT2D eigenvalue weighted by Gasteiger charge is -2.10. The van der Waals surface area contributed by atoms with Gasteiger partial charge in [0.05, 0.1) is 32.7 Å². The molecule has 0 aliphatic carbocycles. The van der Waals surface area contributed by atoms with Crippen LogP contribution in [0.15, 0.2) is 18.5 Å². The molecule has 10 heteroatoms. The average Bonchev–Trinajstić information content (AvgIpc) is 2.98. The van der Waals surface area contributed by atoms with E-state index in [0.717, 1.165) is 5.56 Å². The van der Waals surface area contributed by atoms with E-state index < -0.39 is 5.97 Å². The zero-order valence-corrected chi connectivity index (χ0v) is 17.4. The molecule has 1 N–H and O–H groups in total. The smallest absolute Gasteiger partial charge is 0.348 e. The first-order chi connectivity index (χ1) is 12.9.